The van der Waals surface area contributed by atoms with Gasteiger partial charge in [-0.2, -0.15) is 11.8 Å². The molecule has 1 fully saturated rings. The van der Waals surface area contributed by atoms with Crippen molar-refractivity contribution in [2.24, 2.45) is 0 Å². The van der Waals surface area contributed by atoms with Crippen LogP contribution in [0, 0.1) is 0 Å². The number of carbonyl (C=O) groups is 3. The van der Waals surface area contributed by atoms with Crippen molar-refractivity contribution < 1.29 is 14.4 Å². The highest BCUT2D eigenvalue weighted by molar-refractivity contribution is 7.99. The Morgan fingerprint density at radius 2 is 1.74 bits per heavy atom. The molecule has 1 amide bonds. The third-order valence-electron chi connectivity index (χ3n) is 5.41. The molecule has 0 radical (unpaired) electrons. The lowest BCUT2D eigenvalue weighted by molar-refractivity contribution is -0.131. The van der Waals surface area contributed by atoms with Gasteiger partial charge in [-0.1, -0.05) is 30.3 Å². The van der Waals surface area contributed by atoms with Gasteiger partial charge in [-0.3, -0.25) is 14.4 Å². The van der Waals surface area contributed by atoms with Crippen LogP contribution in [0.25, 0.3) is 0 Å². The number of amides is 1. The molecule has 0 saturated carbocycles. The first-order valence-electron chi connectivity index (χ1n) is 9.37. The molecule has 5 heteroatoms. The molecular formula is C22H25NO3S. The summed E-state index contributed by atoms with van der Waals surface area (Å²) >= 11 is 1.87. The summed E-state index contributed by atoms with van der Waals surface area (Å²) in [7, 11) is 0. The van der Waals surface area contributed by atoms with Crippen LogP contribution in [-0.4, -0.2) is 47.0 Å². The van der Waals surface area contributed by atoms with Crippen molar-refractivity contribution in [1.82, 2.24) is 4.90 Å². The number of nitrogens with zero attached hydrogens (tertiary/aromatic N) is 1. The van der Waals surface area contributed by atoms with Crippen molar-refractivity contribution in [3.8, 4) is 0 Å². The van der Waals surface area contributed by atoms with Gasteiger partial charge in [0.25, 0.3) is 0 Å². The maximum atomic E-state index is 12.9. The van der Waals surface area contributed by atoms with Crippen molar-refractivity contribution in [2.45, 2.75) is 32.6 Å². The molecule has 2 aliphatic rings. The van der Waals surface area contributed by atoms with Crippen LogP contribution in [0.4, 0.5) is 0 Å². The SMILES string of the molecule is CC1=C(C)C(=O)C(C(CCC(=O)N2CCSCC2)c2ccccc2)=CC1=O. The van der Waals surface area contributed by atoms with Gasteiger partial charge in [-0.05, 0) is 31.9 Å². The second-order valence-corrected chi connectivity index (χ2v) is 8.26. The number of Topliss-reactive ketones (excluding diaryl/α,β-unsaturated/α-hetero) is 1. The standard InChI is InChI=1S/C22H25NO3S/c1-15-16(2)22(26)19(14-20(15)24)18(17-6-4-3-5-7-17)8-9-21(25)23-10-12-27-13-11-23/h3-7,14,18H,8-13H2,1-2H3. The van der Waals surface area contributed by atoms with Crippen LogP contribution in [-0.2, 0) is 14.4 Å². The van der Waals surface area contributed by atoms with Crippen LogP contribution >= 0.6 is 11.8 Å². The summed E-state index contributed by atoms with van der Waals surface area (Å²) in [6.45, 7) is 4.99. The Bertz CT molecular complexity index is 804. The number of benzene rings is 1. The van der Waals surface area contributed by atoms with Crippen molar-refractivity contribution in [1.29, 1.82) is 0 Å². The maximum Gasteiger partial charge on any atom is 0.222 e. The monoisotopic (exact) mass is 383 g/mol. The minimum atomic E-state index is -0.242. The third kappa shape index (κ3) is 4.41. The smallest absolute Gasteiger partial charge is 0.222 e. The molecule has 0 N–H and O–H groups in total. The van der Waals surface area contributed by atoms with Crippen LogP contribution in [0.5, 0.6) is 0 Å². The molecular weight excluding hydrogens is 358 g/mol. The van der Waals surface area contributed by atoms with E-state index >= 15 is 0 Å². The Kier molecular flexibility index (Phi) is 6.32. The van der Waals surface area contributed by atoms with E-state index in [0.29, 0.717) is 29.6 Å². The summed E-state index contributed by atoms with van der Waals surface area (Å²) in [5.41, 5.74) is 2.51. The molecule has 0 aromatic heterocycles. The van der Waals surface area contributed by atoms with Gasteiger partial charge in [0.2, 0.25) is 5.91 Å². The van der Waals surface area contributed by atoms with Crippen LogP contribution < -0.4 is 0 Å². The molecule has 4 nitrogen and oxygen atoms in total. The number of ketones is 2. The zero-order chi connectivity index (χ0) is 19.4. The second kappa shape index (κ2) is 8.70. The Balaban J connectivity index is 1.82. The van der Waals surface area contributed by atoms with Crippen molar-refractivity contribution in [3.05, 3.63) is 58.7 Å². The number of allylic oxidation sites excluding steroid dienone is 4. The number of carbonyl (C=O) groups excluding carboxylic acids is 3. The van der Waals surface area contributed by atoms with Gasteiger partial charge in [0.15, 0.2) is 11.6 Å². The minimum absolute atomic E-state index is 0.0808. The topological polar surface area (TPSA) is 54.5 Å². The van der Waals surface area contributed by atoms with E-state index in [9.17, 15) is 14.4 Å². The summed E-state index contributed by atoms with van der Waals surface area (Å²) < 4.78 is 0. The Morgan fingerprint density at radius 3 is 2.41 bits per heavy atom. The van der Waals surface area contributed by atoms with E-state index in [2.05, 4.69) is 0 Å². The summed E-state index contributed by atoms with van der Waals surface area (Å²) in [6.07, 6.45) is 2.39. The summed E-state index contributed by atoms with van der Waals surface area (Å²) in [5.74, 6) is 1.67. The first kappa shape index (κ1) is 19.6. The van der Waals surface area contributed by atoms with E-state index in [-0.39, 0.29) is 23.4 Å². The van der Waals surface area contributed by atoms with Gasteiger partial charge in [0.05, 0.1) is 0 Å². The Labute approximate surface area is 164 Å². The predicted molar refractivity (Wildman–Crippen MR) is 109 cm³/mol. The van der Waals surface area contributed by atoms with Crippen LogP contribution in [0.2, 0.25) is 0 Å². The quantitative estimate of drug-likeness (QED) is 0.730. The second-order valence-electron chi connectivity index (χ2n) is 7.04. The summed E-state index contributed by atoms with van der Waals surface area (Å²) in [4.78, 5) is 39.7. The molecule has 1 heterocycles. The van der Waals surface area contributed by atoms with Crippen molar-refractivity contribution in [2.75, 3.05) is 24.6 Å². The zero-order valence-corrected chi connectivity index (χ0v) is 16.7. The van der Waals surface area contributed by atoms with E-state index < -0.39 is 0 Å². The van der Waals surface area contributed by atoms with Gasteiger partial charge in [0, 0.05) is 53.7 Å². The average molecular weight is 384 g/mol. The maximum absolute atomic E-state index is 12.9. The van der Waals surface area contributed by atoms with Gasteiger partial charge in [-0.25, -0.2) is 0 Å². The highest BCUT2D eigenvalue weighted by atomic mass is 32.2. The van der Waals surface area contributed by atoms with E-state index in [4.69, 9.17) is 0 Å². The molecule has 1 aromatic carbocycles. The van der Waals surface area contributed by atoms with Crippen LogP contribution in [0.1, 0.15) is 38.2 Å². The van der Waals surface area contributed by atoms with E-state index in [1.165, 1.54) is 6.08 Å². The number of hydrogen-bond donors (Lipinski definition) is 0. The molecule has 1 aromatic rings. The molecule has 1 aliphatic heterocycles. The number of hydrogen-bond acceptors (Lipinski definition) is 4. The largest absolute Gasteiger partial charge is 0.341 e. The number of rotatable bonds is 5. The lowest BCUT2D eigenvalue weighted by Crippen LogP contribution is -2.38. The van der Waals surface area contributed by atoms with Gasteiger partial charge >= 0.3 is 0 Å². The highest BCUT2D eigenvalue weighted by Gasteiger charge is 2.30. The van der Waals surface area contributed by atoms with E-state index in [1.54, 1.807) is 13.8 Å². The van der Waals surface area contributed by atoms with Crippen molar-refractivity contribution in [3.63, 3.8) is 0 Å². The fraction of sp³-hybridized carbons (Fsp3) is 0.409. The third-order valence-corrected chi connectivity index (χ3v) is 6.35. The highest BCUT2D eigenvalue weighted by Crippen LogP contribution is 2.34. The lowest BCUT2D eigenvalue weighted by atomic mass is 9.79. The predicted octanol–water partition coefficient (Wildman–Crippen LogP) is 3.54. The molecule has 27 heavy (non-hydrogen) atoms. The lowest BCUT2D eigenvalue weighted by Gasteiger charge is -2.28. The Morgan fingerprint density at radius 1 is 1.07 bits per heavy atom. The molecule has 3 rings (SSSR count). The zero-order valence-electron chi connectivity index (χ0n) is 15.9. The van der Waals surface area contributed by atoms with Gasteiger partial charge in [0.1, 0.15) is 0 Å². The van der Waals surface area contributed by atoms with Crippen LogP contribution in [0.3, 0.4) is 0 Å². The van der Waals surface area contributed by atoms with E-state index in [0.717, 1.165) is 30.2 Å². The summed E-state index contributed by atoms with van der Waals surface area (Å²) in [5, 5.41) is 0. The van der Waals surface area contributed by atoms with Gasteiger partial charge in [-0.15, -0.1) is 0 Å². The molecule has 0 bridgehead atoms. The molecule has 1 aliphatic carbocycles. The average Bonchev–Trinajstić information content (AvgIpc) is 2.71. The normalized spacial score (nSPS) is 19.2. The molecule has 142 valence electrons. The molecule has 1 atom stereocenters. The molecule has 1 unspecified atom stereocenters. The summed E-state index contributed by atoms with van der Waals surface area (Å²) in [6, 6.07) is 9.71. The first-order chi connectivity index (χ1) is 13.0. The molecule has 1 saturated heterocycles. The fourth-order valence-electron chi connectivity index (χ4n) is 3.57. The van der Waals surface area contributed by atoms with Crippen molar-refractivity contribution >= 4 is 29.2 Å². The number of thioether (sulfide) groups is 1. The van der Waals surface area contributed by atoms with Gasteiger partial charge < -0.3 is 4.90 Å². The fourth-order valence-corrected chi connectivity index (χ4v) is 4.47. The van der Waals surface area contributed by atoms with E-state index in [1.807, 2.05) is 47.0 Å². The Hall–Kier alpha value is -2.14. The van der Waals surface area contributed by atoms with Crippen LogP contribution in [0.15, 0.2) is 53.1 Å². The minimum Gasteiger partial charge on any atom is -0.341 e. The molecule has 0 spiro atoms. The first-order valence-corrected chi connectivity index (χ1v) is 10.5.